The van der Waals surface area contributed by atoms with E-state index in [1.54, 1.807) is 0 Å². The molecule has 0 radical (unpaired) electrons. The highest BCUT2D eigenvalue weighted by atomic mass is 15.0. The van der Waals surface area contributed by atoms with Crippen molar-refractivity contribution in [2.45, 2.75) is 19.9 Å². The third-order valence-electron chi connectivity index (χ3n) is 1.79. The zero-order chi connectivity index (χ0) is 8.97. The molecule has 1 heterocycles. The summed E-state index contributed by atoms with van der Waals surface area (Å²) in [7, 11) is 1.86. The summed E-state index contributed by atoms with van der Waals surface area (Å²) in [6, 6.07) is 4.01. The van der Waals surface area contributed by atoms with E-state index in [9.17, 15) is 0 Å². The van der Waals surface area contributed by atoms with Crippen LogP contribution in [0, 0.1) is 0 Å². The molecular weight excluding hydrogens is 150 g/mol. The van der Waals surface area contributed by atoms with Crippen molar-refractivity contribution in [1.82, 2.24) is 4.98 Å². The molecule has 0 amide bonds. The molecule has 0 aliphatic carbocycles. The van der Waals surface area contributed by atoms with Gasteiger partial charge in [0, 0.05) is 19.3 Å². The molecule has 1 aromatic heterocycles. The first kappa shape index (κ1) is 9.00. The van der Waals surface area contributed by atoms with E-state index >= 15 is 0 Å². The van der Waals surface area contributed by atoms with Gasteiger partial charge in [-0.05, 0) is 24.1 Å². The van der Waals surface area contributed by atoms with E-state index in [1.165, 1.54) is 0 Å². The zero-order valence-electron chi connectivity index (χ0n) is 7.59. The van der Waals surface area contributed by atoms with Crippen LogP contribution in [-0.4, -0.2) is 12.0 Å². The van der Waals surface area contributed by atoms with Crippen molar-refractivity contribution >= 4 is 5.82 Å². The third kappa shape index (κ3) is 1.95. The maximum absolute atomic E-state index is 5.54. The molecule has 3 N–H and O–H groups in total. The Bertz CT molecular complexity index is 203. The van der Waals surface area contributed by atoms with Gasteiger partial charge in [0.2, 0.25) is 0 Å². The summed E-state index contributed by atoms with van der Waals surface area (Å²) in [5, 5.41) is 3.01. The van der Waals surface area contributed by atoms with Crippen molar-refractivity contribution in [3.63, 3.8) is 0 Å². The number of hydrogen-bond donors (Lipinski definition) is 2. The number of aromatic nitrogens is 1. The van der Waals surface area contributed by atoms with Gasteiger partial charge in [-0.1, -0.05) is 6.92 Å². The SMILES string of the molecule is CCc1cc(CN)cc(NC)n1. The van der Waals surface area contributed by atoms with Gasteiger partial charge in [0.1, 0.15) is 5.82 Å². The molecule has 0 unspecified atom stereocenters. The van der Waals surface area contributed by atoms with Crippen molar-refractivity contribution < 1.29 is 0 Å². The summed E-state index contributed by atoms with van der Waals surface area (Å²) in [5.41, 5.74) is 7.76. The molecule has 1 aromatic rings. The molecule has 0 aromatic carbocycles. The van der Waals surface area contributed by atoms with Gasteiger partial charge < -0.3 is 11.1 Å². The molecule has 0 spiro atoms. The normalized spacial score (nSPS) is 9.92. The Morgan fingerprint density at radius 3 is 2.75 bits per heavy atom. The Hall–Kier alpha value is -1.09. The summed E-state index contributed by atoms with van der Waals surface area (Å²) in [6.07, 6.45) is 0.947. The molecule has 0 saturated carbocycles. The van der Waals surface area contributed by atoms with Crippen LogP contribution in [0.1, 0.15) is 18.2 Å². The molecule has 0 atom stereocenters. The van der Waals surface area contributed by atoms with Crippen molar-refractivity contribution in [3.05, 3.63) is 23.4 Å². The summed E-state index contributed by atoms with van der Waals surface area (Å²) in [4.78, 5) is 4.35. The molecule has 1 rings (SSSR count). The number of nitrogens with one attached hydrogen (secondary N) is 1. The monoisotopic (exact) mass is 165 g/mol. The number of hydrogen-bond acceptors (Lipinski definition) is 3. The lowest BCUT2D eigenvalue weighted by molar-refractivity contribution is 0.991. The van der Waals surface area contributed by atoms with Crippen LogP contribution in [0.15, 0.2) is 12.1 Å². The van der Waals surface area contributed by atoms with E-state index < -0.39 is 0 Å². The number of pyridine rings is 1. The molecule has 0 fully saturated rings. The van der Waals surface area contributed by atoms with Crippen LogP contribution in [0.2, 0.25) is 0 Å². The molecule has 66 valence electrons. The molecule has 3 heteroatoms. The highest BCUT2D eigenvalue weighted by Crippen LogP contribution is 2.09. The molecular formula is C9H15N3. The number of nitrogens with zero attached hydrogens (tertiary/aromatic N) is 1. The zero-order valence-corrected chi connectivity index (χ0v) is 7.59. The maximum atomic E-state index is 5.54. The van der Waals surface area contributed by atoms with E-state index in [4.69, 9.17) is 5.73 Å². The molecule has 12 heavy (non-hydrogen) atoms. The van der Waals surface area contributed by atoms with Gasteiger partial charge in [-0.3, -0.25) is 0 Å². The summed E-state index contributed by atoms with van der Waals surface area (Å²) >= 11 is 0. The first-order valence-electron chi connectivity index (χ1n) is 4.17. The number of nitrogens with two attached hydrogens (primary N) is 1. The Morgan fingerprint density at radius 1 is 1.50 bits per heavy atom. The van der Waals surface area contributed by atoms with Gasteiger partial charge in [0.05, 0.1) is 0 Å². The van der Waals surface area contributed by atoms with Gasteiger partial charge in [-0.25, -0.2) is 4.98 Å². The molecule has 3 nitrogen and oxygen atoms in total. The van der Waals surface area contributed by atoms with E-state index in [-0.39, 0.29) is 0 Å². The lowest BCUT2D eigenvalue weighted by atomic mass is 10.2. The fourth-order valence-electron chi connectivity index (χ4n) is 1.08. The molecule has 0 aliphatic rings. The van der Waals surface area contributed by atoms with Crippen molar-refractivity contribution in [1.29, 1.82) is 0 Å². The Labute approximate surface area is 73.0 Å². The molecule has 0 aliphatic heterocycles. The van der Waals surface area contributed by atoms with E-state index in [0.717, 1.165) is 23.5 Å². The van der Waals surface area contributed by atoms with Crippen LogP contribution in [0.4, 0.5) is 5.82 Å². The second kappa shape index (κ2) is 4.07. The van der Waals surface area contributed by atoms with Crippen LogP contribution in [0.25, 0.3) is 0 Å². The average Bonchev–Trinajstić information content (AvgIpc) is 2.16. The predicted octanol–water partition coefficient (Wildman–Crippen LogP) is 1.14. The first-order chi connectivity index (χ1) is 5.80. The lowest BCUT2D eigenvalue weighted by Gasteiger charge is -2.05. The second-order valence-corrected chi connectivity index (χ2v) is 2.66. The minimum absolute atomic E-state index is 0.574. The summed E-state index contributed by atoms with van der Waals surface area (Å²) < 4.78 is 0. The lowest BCUT2D eigenvalue weighted by Crippen LogP contribution is -2.02. The number of rotatable bonds is 3. The van der Waals surface area contributed by atoms with Gasteiger partial charge in [-0.2, -0.15) is 0 Å². The second-order valence-electron chi connectivity index (χ2n) is 2.66. The van der Waals surface area contributed by atoms with Gasteiger partial charge in [0.15, 0.2) is 0 Å². The van der Waals surface area contributed by atoms with Crippen molar-refractivity contribution in [2.75, 3.05) is 12.4 Å². The quantitative estimate of drug-likeness (QED) is 0.706. The Kier molecular flexibility index (Phi) is 3.05. The maximum Gasteiger partial charge on any atom is 0.126 e. The van der Waals surface area contributed by atoms with E-state index in [2.05, 4.69) is 17.2 Å². The van der Waals surface area contributed by atoms with Gasteiger partial charge in [0.25, 0.3) is 0 Å². The first-order valence-corrected chi connectivity index (χ1v) is 4.17. The highest BCUT2D eigenvalue weighted by Gasteiger charge is 1.98. The topological polar surface area (TPSA) is 50.9 Å². The fourth-order valence-corrected chi connectivity index (χ4v) is 1.08. The van der Waals surface area contributed by atoms with Gasteiger partial charge in [-0.15, -0.1) is 0 Å². The fraction of sp³-hybridized carbons (Fsp3) is 0.444. The molecule has 0 saturated heterocycles. The van der Waals surface area contributed by atoms with Crippen LogP contribution in [0.5, 0.6) is 0 Å². The smallest absolute Gasteiger partial charge is 0.126 e. The Balaban J connectivity index is 3.01. The predicted molar refractivity (Wildman–Crippen MR) is 51.1 cm³/mol. The van der Waals surface area contributed by atoms with Gasteiger partial charge >= 0.3 is 0 Å². The third-order valence-corrected chi connectivity index (χ3v) is 1.79. The van der Waals surface area contributed by atoms with Crippen LogP contribution < -0.4 is 11.1 Å². The average molecular weight is 165 g/mol. The largest absolute Gasteiger partial charge is 0.373 e. The van der Waals surface area contributed by atoms with E-state index in [1.807, 2.05) is 19.2 Å². The van der Waals surface area contributed by atoms with Crippen LogP contribution in [0.3, 0.4) is 0 Å². The number of aryl methyl sites for hydroxylation is 1. The van der Waals surface area contributed by atoms with Crippen molar-refractivity contribution in [3.8, 4) is 0 Å². The van der Waals surface area contributed by atoms with Crippen LogP contribution in [-0.2, 0) is 13.0 Å². The summed E-state index contributed by atoms with van der Waals surface area (Å²) in [5.74, 6) is 0.898. The number of anilines is 1. The molecule has 0 bridgehead atoms. The van der Waals surface area contributed by atoms with E-state index in [0.29, 0.717) is 6.54 Å². The summed E-state index contributed by atoms with van der Waals surface area (Å²) in [6.45, 7) is 2.66. The minimum Gasteiger partial charge on any atom is -0.373 e. The Morgan fingerprint density at radius 2 is 2.25 bits per heavy atom. The van der Waals surface area contributed by atoms with Crippen LogP contribution >= 0.6 is 0 Å². The standard InChI is InChI=1S/C9H15N3/c1-3-8-4-7(6-10)5-9(11-2)12-8/h4-5H,3,6,10H2,1-2H3,(H,11,12). The highest BCUT2D eigenvalue weighted by molar-refractivity contribution is 5.38. The minimum atomic E-state index is 0.574. The van der Waals surface area contributed by atoms with Crippen molar-refractivity contribution in [2.24, 2.45) is 5.73 Å².